The molecule has 1 aliphatic carbocycles. The molecule has 0 atom stereocenters. The molecule has 0 bridgehead atoms. The Bertz CT molecular complexity index is 1390. The third-order valence-corrected chi connectivity index (χ3v) is 6.19. The smallest absolute Gasteiger partial charge is 0.254 e. The molecule has 2 N–H and O–H groups in total. The second-order valence-electron chi connectivity index (χ2n) is 8.26. The van der Waals surface area contributed by atoms with E-state index in [2.05, 4.69) is 57.7 Å². The summed E-state index contributed by atoms with van der Waals surface area (Å²) >= 11 is 0. The van der Waals surface area contributed by atoms with Crippen molar-refractivity contribution < 1.29 is 0 Å². The van der Waals surface area contributed by atoms with Crippen molar-refractivity contribution in [3.63, 3.8) is 0 Å². The van der Waals surface area contributed by atoms with Gasteiger partial charge < -0.3 is 5.73 Å². The lowest BCUT2D eigenvalue weighted by molar-refractivity contribution is 0.253. The summed E-state index contributed by atoms with van der Waals surface area (Å²) in [4.78, 5) is 13.9. The molecule has 6 heteroatoms. The third kappa shape index (κ3) is 3.16. The number of fused-ring (bicyclic) bond motifs is 1. The van der Waals surface area contributed by atoms with Crippen LogP contribution >= 0.6 is 0 Å². The van der Waals surface area contributed by atoms with Gasteiger partial charge in [-0.3, -0.25) is 4.98 Å². The molecule has 0 aliphatic heterocycles. The minimum Gasteiger partial charge on any atom is -0.321 e. The molecule has 3 aromatic heterocycles. The fourth-order valence-electron chi connectivity index (χ4n) is 4.19. The van der Waals surface area contributed by atoms with Gasteiger partial charge in [-0.2, -0.15) is 9.50 Å². The van der Waals surface area contributed by atoms with Gasteiger partial charge in [0.15, 0.2) is 0 Å². The van der Waals surface area contributed by atoms with E-state index < -0.39 is 0 Å². The lowest BCUT2D eigenvalue weighted by atomic mass is 9.72. The maximum atomic E-state index is 6.52. The van der Waals surface area contributed by atoms with Crippen LogP contribution in [0.2, 0.25) is 0 Å². The van der Waals surface area contributed by atoms with Crippen LogP contribution in [0.1, 0.15) is 24.8 Å². The SMILES string of the molecule is NC1(c2ccc(-c3nc4nc(-c5ccccn5)nn4[c]c3-c3ccccc3)cc2)CCC1. The predicted molar refractivity (Wildman–Crippen MR) is 123 cm³/mol. The van der Waals surface area contributed by atoms with E-state index in [1.54, 1.807) is 10.7 Å². The molecule has 1 saturated carbocycles. The Morgan fingerprint density at radius 3 is 2.31 bits per heavy atom. The minimum atomic E-state index is -0.186. The average Bonchev–Trinajstić information content (AvgIpc) is 3.26. The van der Waals surface area contributed by atoms with Crippen LogP contribution in [0.3, 0.4) is 0 Å². The van der Waals surface area contributed by atoms with Gasteiger partial charge in [-0.1, -0.05) is 60.7 Å². The topological polar surface area (TPSA) is 82.0 Å². The van der Waals surface area contributed by atoms with Gasteiger partial charge >= 0.3 is 0 Å². The van der Waals surface area contributed by atoms with Crippen LogP contribution in [0.15, 0.2) is 79.0 Å². The van der Waals surface area contributed by atoms with Crippen molar-refractivity contribution >= 4 is 5.78 Å². The van der Waals surface area contributed by atoms with Gasteiger partial charge in [0.2, 0.25) is 5.82 Å². The molecule has 32 heavy (non-hydrogen) atoms. The Hall–Kier alpha value is -3.90. The zero-order chi connectivity index (χ0) is 21.5. The summed E-state index contributed by atoms with van der Waals surface area (Å²) in [6, 6.07) is 24.2. The summed E-state index contributed by atoms with van der Waals surface area (Å²) in [6.07, 6.45) is 8.39. The maximum absolute atomic E-state index is 6.52. The lowest BCUT2D eigenvalue weighted by Crippen LogP contribution is -2.43. The number of aromatic nitrogens is 5. The van der Waals surface area contributed by atoms with Gasteiger partial charge in [0.25, 0.3) is 5.78 Å². The molecule has 6 nitrogen and oxygen atoms in total. The van der Waals surface area contributed by atoms with Gasteiger partial charge in [0.05, 0.1) is 5.69 Å². The van der Waals surface area contributed by atoms with Crippen LogP contribution in [-0.2, 0) is 5.54 Å². The molecule has 5 aromatic rings. The van der Waals surface area contributed by atoms with E-state index in [1.807, 2.05) is 36.4 Å². The molecule has 1 radical (unpaired) electrons. The van der Waals surface area contributed by atoms with Crippen LogP contribution < -0.4 is 5.73 Å². The van der Waals surface area contributed by atoms with E-state index in [4.69, 9.17) is 10.7 Å². The summed E-state index contributed by atoms with van der Waals surface area (Å²) < 4.78 is 1.60. The number of hydrogen-bond donors (Lipinski definition) is 1. The molecule has 1 aliphatic rings. The third-order valence-electron chi connectivity index (χ3n) is 6.19. The zero-order valence-electron chi connectivity index (χ0n) is 17.4. The molecular formula is C26H21N6. The monoisotopic (exact) mass is 417 g/mol. The Kier molecular flexibility index (Phi) is 4.33. The Labute approximate surface area is 185 Å². The molecule has 0 spiro atoms. The molecule has 155 valence electrons. The second kappa shape index (κ2) is 7.35. The van der Waals surface area contributed by atoms with Gasteiger partial charge in [0.1, 0.15) is 11.9 Å². The molecule has 2 aromatic carbocycles. The van der Waals surface area contributed by atoms with Crippen molar-refractivity contribution in [3.8, 4) is 33.9 Å². The van der Waals surface area contributed by atoms with E-state index >= 15 is 0 Å². The highest BCUT2D eigenvalue weighted by Crippen LogP contribution is 2.39. The Morgan fingerprint density at radius 2 is 1.62 bits per heavy atom. The number of nitrogens with two attached hydrogens (primary N) is 1. The van der Waals surface area contributed by atoms with Crippen LogP contribution in [-0.4, -0.2) is 24.6 Å². The molecule has 6 rings (SSSR count). The first-order valence-electron chi connectivity index (χ1n) is 10.8. The summed E-state index contributed by atoms with van der Waals surface area (Å²) in [5.74, 6) is 1.01. The van der Waals surface area contributed by atoms with E-state index in [-0.39, 0.29) is 5.54 Å². The van der Waals surface area contributed by atoms with Crippen molar-refractivity contribution in [3.05, 3.63) is 90.8 Å². The molecule has 3 heterocycles. The summed E-state index contributed by atoms with van der Waals surface area (Å²) in [5.41, 5.74) is 11.9. The number of benzene rings is 2. The van der Waals surface area contributed by atoms with Gasteiger partial charge in [0, 0.05) is 22.9 Å². The van der Waals surface area contributed by atoms with Crippen LogP contribution in [0.4, 0.5) is 0 Å². The first kappa shape index (κ1) is 18.8. The number of rotatable bonds is 4. The van der Waals surface area contributed by atoms with E-state index in [0.717, 1.165) is 35.2 Å². The Morgan fingerprint density at radius 1 is 0.844 bits per heavy atom. The van der Waals surface area contributed by atoms with Gasteiger partial charge in [-0.15, -0.1) is 5.10 Å². The standard InChI is InChI=1S/C26H21N6/c27-26(14-6-15-26)20-12-10-19(11-13-20)23-21(18-7-2-1-3-8-18)17-32-25(29-23)30-24(31-32)22-9-4-5-16-28-22/h1-5,7-13,16H,6,14-15,27H2. The molecule has 1 fully saturated rings. The highest BCUT2D eigenvalue weighted by molar-refractivity contribution is 5.81. The normalized spacial score (nSPS) is 14.9. The van der Waals surface area contributed by atoms with Gasteiger partial charge in [-0.05, 0) is 42.5 Å². The van der Waals surface area contributed by atoms with Crippen molar-refractivity contribution in [1.29, 1.82) is 0 Å². The van der Waals surface area contributed by atoms with Crippen LogP contribution in [0, 0.1) is 6.20 Å². The fraction of sp³-hybridized carbons (Fsp3) is 0.154. The summed E-state index contributed by atoms with van der Waals surface area (Å²) in [6.45, 7) is 0. The highest BCUT2D eigenvalue weighted by Gasteiger charge is 2.34. The first-order valence-corrected chi connectivity index (χ1v) is 10.8. The lowest BCUT2D eigenvalue weighted by Gasteiger charge is -2.38. The van der Waals surface area contributed by atoms with Crippen molar-refractivity contribution in [2.75, 3.05) is 0 Å². The van der Waals surface area contributed by atoms with E-state index in [0.29, 0.717) is 17.3 Å². The van der Waals surface area contributed by atoms with Crippen molar-refractivity contribution in [2.24, 2.45) is 5.73 Å². The summed E-state index contributed by atoms with van der Waals surface area (Å²) in [5, 5.41) is 4.58. The average molecular weight is 417 g/mol. The first-order chi connectivity index (χ1) is 15.7. The molecule has 0 saturated heterocycles. The van der Waals surface area contributed by atoms with Crippen LogP contribution in [0.5, 0.6) is 0 Å². The number of pyridine rings is 1. The largest absolute Gasteiger partial charge is 0.321 e. The quantitative estimate of drug-likeness (QED) is 0.460. The molecule has 0 unspecified atom stereocenters. The van der Waals surface area contributed by atoms with Gasteiger partial charge in [-0.25, -0.2) is 4.98 Å². The number of nitrogens with zero attached hydrogens (tertiary/aromatic N) is 5. The minimum absolute atomic E-state index is 0.186. The van der Waals surface area contributed by atoms with Crippen LogP contribution in [0.25, 0.3) is 39.7 Å². The molecular weight excluding hydrogens is 396 g/mol. The Balaban J connectivity index is 1.50. The number of hydrogen-bond acceptors (Lipinski definition) is 5. The fourth-order valence-corrected chi connectivity index (χ4v) is 4.19. The van der Waals surface area contributed by atoms with Crippen molar-refractivity contribution in [1.82, 2.24) is 24.6 Å². The molecule has 0 amide bonds. The summed E-state index contributed by atoms with van der Waals surface area (Å²) in [7, 11) is 0. The zero-order valence-corrected chi connectivity index (χ0v) is 17.4. The van der Waals surface area contributed by atoms with E-state index in [1.165, 1.54) is 12.0 Å². The predicted octanol–water partition coefficient (Wildman–Crippen LogP) is 4.66. The maximum Gasteiger partial charge on any atom is 0.254 e. The second-order valence-corrected chi connectivity index (χ2v) is 8.26. The van der Waals surface area contributed by atoms with Crippen molar-refractivity contribution in [2.45, 2.75) is 24.8 Å². The highest BCUT2D eigenvalue weighted by atomic mass is 15.3. The van der Waals surface area contributed by atoms with E-state index in [9.17, 15) is 0 Å².